The van der Waals surface area contributed by atoms with Crippen LogP contribution in [0.2, 0.25) is 5.15 Å². The van der Waals surface area contributed by atoms with Gasteiger partial charge in [0.15, 0.2) is 16.6 Å². The summed E-state index contributed by atoms with van der Waals surface area (Å²) in [5.74, 6) is 1.12. The zero-order chi connectivity index (χ0) is 12.0. The van der Waals surface area contributed by atoms with Crippen molar-refractivity contribution in [2.75, 3.05) is 13.2 Å². The van der Waals surface area contributed by atoms with E-state index in [0.29, 0.717) is 11.8 Å². The lowest BCUT2D eigenvalue weighted by Crippen LogP contribution is -2.07. The molecule has 0 bridgehead atoms. The Labute approximate surface area is 104 Å². The van der Waals surface area contributed by atoms with E-state index in [1.165, 1.54) is 0 Å². The number of rotatable bonds is 1. The Morgan fingerprint density at radius 3 is 2.82 bits per heavy atom. The molecule has 0 saturated carbocycles. The highest BCUT2D eigenvalue weighted by atomic mass is 35.5. The molecule has 0 aromatic carbocycles. The third-order valence-corrected chi connectivity index (χ3v) is 3.71. The summed E-state index contributed by atoms with van der Waals surface area (Å²) in [4.78, 5) is 0. The average Bonchev–Trinajstić information content (AvgIpc) is 2.93. The Balaban J connectivity index is 2.21. The molecule has 2 aromatic heterocycles. The number of halogens is 1. The van der Waals surface area contributed by atoms with Crippen LogP contribution >= 0.6 is 11.6 Å². The quantitative estimate of drug-likeness (QED) is 0.778. The summed E-state index contributed by atoms with van der Waals surface area (Å²) >= 11 is 6.11. The molecule has 3 rings (SSSR count). The molecule has 1 unspecified atom stereocenters. The van der Waals surface area contributed by atoms with Gasteiger partial charge in [0.2, 0.25) is 0 Å². The molecular formula is C11H13ClN4O. The van der Waals surface area contributed by atoms with Crippen LogP contribution in [0, 0.1) is 13.8 Å². The van der Waals surface area contributed by atoms with E-state index in [1.54, 1.807) is 4.52 Å². The Kier molecular flexibility index (Phi) is 2.52. The van der Waals surface area contributed by atoms with Gasteiger partial charge in [-0.25, -0.2) is 0 Å². The van der Waals surface area contributed by atoms with Gasteiger partial charge in [-0.1, -0.05) is 11.6 Å². The van der Waals surface area contributed by atoms with Crippen LogP contribution in [0.1, 0.15) is 29.3 Å². The molecule has 3 heterocycles. The van der Waals surface area contributed by atoms with E-state index < -0.39 is 0 Å². The zero-order valence-electron chi connectivity index (χ0n) is 9.77. The van der Waals surface area contributed by atoms with E-state index >= 15 is 0 Å². The second kappa shape index (κ2) is 3.92. The molecule has 0 radical (unpaired) electrons. The zero-order valence-corrected chi connectivity index (χ0v) is 10.5. The lowest BCUT2D eigenvalue weighted by atomic mass is 10.1. The summed E-state index contributed by atoms with van der Waals surface area (Å²) < 4.78 is 7.13. The normalized spacial score (nSPS) is 20.3. The van der Waals surface area contributed by atoms with E-state index in [2.05, 4.69) is 15.3 Å². The van der Waals surface area contributed by atoms with Crippen molar-refractivity contribution in [1.29, 1.82) is 0 Å². The predicted octanol–water partition coefficient (Wildman–Crippen LogP) is 1.90. The highest BCUT2D eigenvalue weighted by molar-refractivity contribution is 6.30. The van der Waals surface area contributed by atoms with Crippen molar-refractivity contribution in [3.63, 3.8) is 0 Å². The highest BCUT2D eigenvalue weighted by Crippen LogP contribution is 2.26. The van der Waals surface area contributed by atoms with Gasteiger partial charge in [-0.2, -0.15) is 9.61 Å². The number of ether oxygens (including phenoxy) is 1. The van der Waals surface area contributed by atoms with Crippen molar-refractivity contribution >= 4 is 17.2 Å². The van der Waals surface area contributed by atoms with Crippen molar-refractivity contribution in [2.45, 2.75) is 26.2 Å². The van der Waals surface area contributed by atoms with Gasteiger partial charge in [0.25, 0.3) is 0 Å². The van der Waals surface area contributed by atoms with E-state index in [9.17, 15) is 0 Å². The largest absolute Gasteiger partial charge is 0.381 e. The molecule has 6 heteroatoms. The number of aromatic nitrogens is 4. The molecule has 1 fully saturated rings. The van der Waals surface area contributed by atoms with Gasteiger partial charge < -0.3 is 4.74 Å². The van der Waals surface area contributed by atoms with Gasteiger partial charge in [-0.3, -0.25) is 0 Å². The Morgan fingerprint density at radius 2 is 2.12 bits per heavy atom. The molecule has 0 amide bonds. The Bertz CT molecular complexity index is 574. The lowest BCUT2D eigenvalue weighted by molar-refractivity contribution is 0.193. The molecule has 1 atom stereocenters. The minimum absolute atomic E-state index is 0.274. The van der Waals surface area contributed by atoms with Gasteiger partial charge >= 0.3 is 0 Å². The maximum absolute atomic E-state index is 6.11. The van der Waals surface area contributed by atoms with Gasteiger partial charge in [0, 0.05) is 18.1 Å². The number of nitrogens with zero attached hydrogens (tertiary/aromatic N) is 4. The first-order chi connectivity index (χ1) is 8.18. The Hall–Kier alpha value is -1.20. The summed E-state index contributed by atoms with van der Waals surface area (Å²) in [5.41, 5.74) is 2.78. The molecule has 1 saturated heterocycles. The van der Waals surface area contributed by atoms with Crippen molar-refractivity contribution in [3.05, 3.63) is 22.1 Å². The number of aryl methyl sites for hydroxylation is 1. The third-order valence-electron chi connectivity index (χ3n) is 3.35. The van der Waals surface area contributed by atoms with Crippen LogP contribution in [-0.2, 0) is 4.74 Å². The summed E-state index contributed by atoms with van der Waals surface area (Å²) in [5, 5.41) is 13.3. The van der Waals surface area contributed by atoms with E-state index in [1.807, 2.05) is 13.8 Å². The van der Waals surface area contributed by atoms with Gasteiger partial charge in [-0.05, 0) is 25.8 Å². The van der Waals surface area contributed by atoms with Gasteiger partial charge in [0.05, 0.1) is 6.61 Å². The molecule has 1 aliphatic rings. The average molecular weight is 253 g/mol. The van der Waals surface area contributed by atoms with Crippen LogP contribution in [0.4, 0.5) is 0 Å². The fraction of sp³-hybridized carbons (Fsp3) is 0.545. The first-order valence-electron chi connectivity index (χ1n) is 5.64. The van der Waals surface area contributed by atoms with Crippen LogP contribution in [0.15, 0.2) is 0 Å². The van der Waals surface area contributed by atoms with Gasteiger partial charge in [-0.15, -0.1) is 10.2 Å². The first-order valence-corrected chi connectivity index (χ1v) is 6.02. The smallest absolute Gasteiger partial charge is 0.181 e. The second-order valence-corrected chi connectivity index (χ2v) is 4.75. The van der Waals surface area contributed by atoms with Crippen LogP contribution in [0.5, 0.6) is 0 Å². The predicted molar refractivity (Wildman–Crippen MR) is 63.4 cm³/mol. The SMILES string of the molecule is Cc1c(Cl)nn2c(C3CCOC3)nnc2c1C. The number of fused-ring (bicyclic) bond motifs is 1. The standard InChI is InChI=1S/C11H13ClN4O/c1-6-7(2)10-13-14-11(8-3-4-17-5-8)16(10)15-9(6)12/h8H,3-5H2,1-2H3. The van der Waals surface area contributed by atoms with Crippen molar-refractivity contribution < 1.29 is 4.74 Å². The number of hydrogen-bond donors (Lipinski definition) is 0. The minimum Gasteiger partial charge on any atom is -0.381 e. The molecule has 0 N–H and O–H groups in total. The van der Waals surface area contributed by atoms with Crippen LogP contribution in [0.25, 0.3) is 5.65 Å². The Morgan fingerprint density at radius 1 is 1.29 bits per heavy atom. The van der Waals surface area contributed by atoms with Crippen molar-refractivity contribution in [3.8, 4) is 0 Å². The topological polar surface area (TPSA) is 52.3 Å². The molecule has 0 aliphatic carbocycles. The summed E-state index contributed by atoms with van der Waals surface area (Å²) in [6.07, 6.45) is 0.965. The summed E-state index contributed by atoms with van der Waals surface area (Å²) in [6.45, 7) is 5.39. The molecule has 90 valence electrons. The van der Waals surface area contributed by atoms with Crippen molar-refractivity contribution in [2.24, 2.45) is 0 Å². The molecule has 5 nitrogen and oxygen atoms in total. The molecule has 2 aromatic rings. The first kappa shape index (κ1) is 10.9. The monoisotopic (exact) mass is 252 g/mol. The van der Waals surface area contributed by atoms with Crippen LogP contribution in [0.3, 0.4) is 0 Å². The number of hydrogen-bond acceptors (Lipinski definition) is 4. The fourth-order valence-corrected chi connectivity index (χ4v) is 2.32. The summed E-state index contributed by atoms with van der Waals surface area (Å²) in [6, 6.07) is 0. The highest BCUT2D eigenvalue weighted by Gasteiger charge is 2.24. The van der Waals surface area contributed by atoms with E-state index in [4.69, 9.17) is 16.3 Å². The van der Waals surface area contributed by atoms with E-state index in [-0.39, 0.29) is 5.92 Å². The van der Waals surface area contributed by atoms with Crippen LogP contribution in [-0.4, -0.2) is 33.0 Å². The van der Waals surface area contributed by atoms with Crippen molar-refractivity contribution in [1.82, 2.24) is 19.8 Å². The molecule has 0 spiro atoms. The maximum atomic E-state index is 6.11. The lowest BCUT2D eigenvalue weighted by Gasteiger charge is -2.07. The maximum Gasteiger partial charge on any atom is 0.181 e. The minimum atomic E-state index is 0.274. The molecule has 17 heavy (non-hydrogen) atoms. The molecule has 1 aliphatic heterocycles. The molecular weight excluding hydrogens is 240 g/mol. The fourth-order valence-electron chi connectivity index (χ4n) is 2.10. The summed E-state index contributed by atoms with van der Waals surface area (Å²) in [7, 11) is 0. The van der Waals surface area contributed by atoms with Gasteiger partial charge in [0.1, 0.15) is 0 Å². The van der Waals surface area contributed by atoms with E-state index in [0.717, 1.165) is 35.6 Å². The van der Waals surface area contributed by atoms with Crippen LogP contribution < -0.4 is 0 Å². The second-order valence-electron chi connectivity index (χ2n) is 4.39. The third kappa shape index (κ3) is 1.61.